The number of phosphoric acid groups is 2. The van der Waals surface area contributed by atoms with Crippen LogP contribution in [0.4, 0.5) is 4.79 Å². The van der Waals surface area contributed by atoms with Gasteiger partial charge in [-0.1, -0.05) is 0 Å². The van der Waals surface area contributed by atoms with Crippen molar-refractivity contribution in [1.82, 2.24) is 0 Å². The fraction of sp³-hybridized carbons (Fsp3) is 0. The van der Waals surface area contributed by atoms with Crippen molar-refractivity contribution in [3.05, 3.63) is 0 Å². The first-order chi connectivity index (χ1) is 5.44. The summed E-state index contributed by atoms with van der Waals surface area (Å²) in [5.41, 5.74) is 0. The quantitative estimate of drug-likeness (QED) is 0.243. The average molecular weight is 306 g/mol. The molecule has 0 aromatic heterocycles. The molecule has 0 heterocycles. The second kappa shape index (κ2) is 10.9. The summed E-state index contributed by atoms with van der Waals surface area (Å²) in [4.78, 5) is 39.6. The van der Waals surface area contributed by atoms with Crippen molar-refractivity contribution in [2.45, 2.75) is 0 Å². The van der Waals surface area contributed by atoms with E-state index >= 15 is 0 Å². The van der Waals surface area contributed by atoms with Gasteiger partial charge in [0.2, 0.25) is 0 Å². The van der Waals surface area contributed by atoms with Crippen LogP contribution < -0.4 is 0 Å². The van der Waals surface area contributed by atoms with E-state index in [-0.39, 0.29) is 67.3 Å². The van der Waals surface area contributed by atoms with Crippen molar-refractivity contribution in [3.63, 3.8) is 0 Å². The molecule has 0 aliphatic heterocycles. The second-order valence-electron chi connectivity index (χ2n) is 1.35. The minimum absolute atomic E-state index is 0. The second-order valence-corrected chi connectivity index (χ2v) is 3.96. The van der Waals surface area contributed by atoms with Gasteiger partial charge in [0, 0.05) is 0 Å². The van der Waals surface area contributed by atoms with Gasteiger partial charge in [0.05, 0.1) is 0 Å². The van der Waals surface area contributed by atoms with Gasteiger partial charge < -0.3 is 29.8 Å². The average Bonchev–Trinajstić information content (AvgIpc) is 1.47. The predicted molar refractivity (Wildman–Crippen MR) is 51.5 cm³/mol. The van der Waals surface area contributed by atoms with Gasteiger partial charge in [0.1, 0.15) is 0 Å². The number of carbonyl (C=O) groups is 1. The number of hydrogen-bond donors (Lipinski definition) is 6. The van der Waals surface area contributed by atoms with E-state index < -0.39 is 21.8 Å². The maximum atomic E-state index is 9.63. The molecule has 15 heavy (non-hydrogen) atoms. The summed E-state index contributed by atoms with van der Waals surface area (Å²) in [6.45, 7) is 0. The third-order valence-electron chi connectivity index (χ3n) is 0.213. The number of carboxylic acid groups (broad SMARTS) is 2. The maximum absolute atomic E-state index is 9.63. The Morgan fingerprint density at radius 2 is 1.07 bits per heavy atom. The topological polar surface area (TPSA) is 182 Å². The molecule has 0 aliphatic carbocycles. The Kier molecular flexibility index (Phi) is 18.6. The molecule has 0 unspecified atom stereocenters. The van der Waals surface area contributed by atoms with Gasteiger partial charge in [-0.15, -0.1) is 0 Å². The summed E-state index contributed by atoms with van der Waals surface area (Å²) in [6.07, 6.45) is -1.83. The van der Waals surface area contributed by atoms with Crippen LogP contribution in [-0.4, -0.2) is 103 Å². The molecule has 0 fully saturated rings. The van der Waals surface area contributed by atoms with Crippen molar-refractivity contribution >= 4 is 89.1 Å². The van der Waals surface area contributed by atoms with Gasteiger partial charge in [-0.25, -0.2) is 13.9 Å². The third kappa shape index (κ3) is 49.5. The van der Waals surface area contributed by atoms with E-state index in [0.717, 1.165) is 0 Å². The molecule has 86 valence electrons. The summed E-state index contributed by atoms with van der Waals surface area (Å²) in [5.74, 6) is 0. The minimum atomic E-state index is -5.05. The molecule has 0 rings (SSSR count). The van der Waals surface area contributed by atoms with E-state index in [0.29, 0.717) is 0 Å². The fourth-order valence-corrected chi connectivity index (χ4v) is 1.25. The van der Waals surface area contributed by atoms with Crippen LogP contribution in [0, 0.1) is 0 Å². The molecule has 10 nitrogen and oxygen atoms in total. The summed E-state index contributed by atoms with van der Waals surface area (Å²) in [6, 6.07) is 0. The molecule has 0 radical (unpaired) electrons. The van der Waals surface area contributed by atoms with Crippen LogP contribution in [0.1, 0.15) is 0 Å². The molecule has 6 N–H and O–H groups in total. The van der Waals surface area contributed by atoms with E-state index in [1.807, 2.05) is 0 Å². The molecule has 0 saturated carbocycles. The summed E-state index contributed by atoms with van der Waals surface area (Å²) >= 11 is 0. The van der Waals surface area contributed by atoms with Crippen molar-refractivity contribution in [2.24, 2.45) is 0 Å². The Balaban J connectivity index is -0.0000000883. The number of hydrogen-bond acceptors (Lipinski definition) is 4. The molecule has 0 amide bonds. The van der Waals surface area contributed by atoms with Gasteiger partial charge in [-0.05, 0) is 0 Å². The van der Waals surface area contributed by atoms with E-state index in [9.17, 15) is 9.13 Å². The van der Waals surface area contributed by atoms with E-state index in [1.165, 1.54) is 0 Å². The zero-order valence-electron chi connectivity index (χ0n) is 5.71. The Morgan fingerprint density at radius 3 is 1.07 bits per heavy atom. The molecule has 0 aliphatic rings. The monoisotopic (exact) mass is 306 g/mol. The van der Waals surface area contributed by atoms with Crippen molar-refractivity contribution in [1.29, 1.82) is 0 Å². The van der Waals surface area contributed by atoms with Crippen molar-refractivity contribution in [2.75, 3.05) is 0 Å². The zero-order valence-corrected chi connectivity index (χ0v) is 7.50. The normalized spacial score (nSPS) is 9.87. The van der Waals surface area contributed by atoms with Gasteiger partial charge in [0.25, 0.3) is 0 Å². The molecule has 0 saturated heterocycles. The van der Waals surface area contributed by atoms with Crippen molar-refractivity contribution in [3.8, 4) is 0 Å². The van der Waals surface area contributed by atoms with Crippen LogP contribution in [-0.2, 0) is 13.4 Å². The third-order valence-corrected chi connectivity index (χ3v) is 1.91. The molecular weight excluding hydrogens is 297 g/mol. The summed E-state index contributed by atoms with van der Waals surface area (Å²) in [7, 11) is -10.1. The van der Waals surface area contributed by atoms with E-state index in [2.05, 4.69) is 4.31 Å². The molecule has 0 aromatic rings. The van der Waals surface area contributed by atoms with Crippen LogP contribution in [0.25, 0.3) is 0 Å². The first-order valence-corrected chi connectivity index (χ1v) is 5.24. The van der Waals surface area contributed by atoms with Crippen LogP contribution in [0.2, 0.25) is 0 Å². The van der Waals surface area contributed by atoms with Crippen molar-refractivity contribution < 1.29 is 48.0 Å². The van der Waals surface area contributed by atoms with Gasteiger partial charge in [0.15, 0.2) is 0 Å². The Hall–Kier alpha value is 1.79. The van der Waals surface area contributed by atoms with Gasteiger partial charge in [-0.2, -0.15) is 4.31 Å². The summed E-state index contributed by atoms with van der Waals surface area (Å²) < 4.78 is 22.2. The van der Waals surface area contributed by atoms with Gasteiger partial charge in [-0.3, -0.25) is 0 Å². The van der Waals surface area contributed by atoms with Crippen LogP contribution >= 0.6 is 15.6 Å². The molecule has 0 spiro atoms. The predicted octanol–water partition coefficient (Wildman–Crippen LogP) is -2.15. The number of rotatable bonds is 2. The molecule has 0 aromatic carbocycles. The van der Waals surface area contributed by atoms with Crippen LogP contribution in [0.3, 0.4) is 0 Å². The molecular formula is CH9CaNaO10P2. The van der Waals surface area contributed by atoms with Crippen LogP contribution in [0.5, 0.6) is 0 Å². The molecule has 0 bridgehead atoms. The Morgan fingerprint density at radius 1 is 0.933 bits per heavy atom. The SMILES string of the molecule is O=C(O)O.O=P(O)(O)OP(=O)(O)O.[CaH2].[NaH]. The fourth-order valence-electron chi connectivity index (χ4n) is 0.139. The summed E-state index contributed by atoms with van der Waals surface area (Å²) in [5, 5.41) is 13.9. The van der Waals surface area contributed by atoms with Crippen LogP contribution in [0.15, 0.2) is 0 Å². The van der Waals surface area contributed by atoms with E-state index in [1.54, 1.807) is 0 Å². The van der Waals surface area contributed by atoms with Gasteiger partial charge >= 0.3 is 89.1 Å². The van der Waals surface area contributed by atoms with E-state index in [4.69, 9.17) is 34.6 Å². The zero-order chi connectivity index (χ0) is 11.3. The Bertz CT molecular complexity index is 228. The Labute approximate surface area is 135 Å². The first kappa shape index (κ1) is 25.6. The molecule has 14 heteroatoms. The molecule has 0 atom stereocenters. The standard InChI is InChI=1S/CH2O3.Ca.Na.H4O7P2.3H/c2-1(3)4;;;1-8(2,3)7-9(4,5)6;;;/h(H2,2,3,4);;;(H2,1,2,3)(H2,4,5,6);;;. The first-order valence-electron chi connectivity index (χ1n) is 2.18.